The number of nitro benzene ring substituents is 1. The van der Waals surface area contributed by atoms with E-state index in [0.717, 1.165) is 0 Å². The summed E-state index contributed by atoms with van der Waals surface area (Å²) in [5, 5.41) is 11.4. The molecule has 0 spiro atoms. The van der Waals surface area contributed by atoms with E-state index < -0.39 is 16.8 Å². The number of benzene rings is 1. The van der Waals surface area contributed by atoms with Gasteiger partial charge in [-0.3, -0.25) is 24.8 Å². The van der Waals surface area contributed by atoms with Gasteiger partial charge in [-0.1, -0.05) is 26.0 Å². The van der Waals surface area contributed by atoms with Crippen LogP contribution in [0.3, 0.4) is 0 Å². The normalized spacial score (nSPS) is 19.9. The molecule has 2 aliphatic rings. The summed E-state index contributed by atoms with van der Waals surface area (Å²) in [6, 6.07) is 9.47. The Hall–Kier alpha value is -4.01. The van der Waals surface area contributed by atoms with E-state index in [1.54, 1.807) is 41.6 Å². The molecule has 2 aromatic rings. The maximum atomic E-state index is 13.5. The van der Waals surface area contributed by atoms with Gasteiger partial charge in [0.1, 0.15) is 5.82 Å². The Morgan fingerprint density at radius 1 is 1.27 bits per heavy atom. The summed E-state index contributed by atoms with van der Waals surface area (Å²) in [4.78, 5) is 43.1. The van der Waals surface area contributed by atoms with Crippen LogP contribution in [0.4, 0.5) is 11.4 Å². The first-order chi connectivity index (χ1) is 15.6. The van der Waals surface area contributed by atoms with E-state index >= 15 is 0 Å². The van der Waals surface area contributed by atoms with E-state index in [4.69, 9.17) is 10.5 Å². The van der Waals surface area contributed by atoms with Gasteiger partial charge in [-0.15, -0.1) is 0 Å². The van der Waals surface area contributed by atoms with E-state index in [0.29, 0.717) is 35.4 Å². The molecule has 0 fully saturated rings. The van der Waals surface area contributed by atoms with E-state index in [-0.39, 0.29) is 28.3 Å². The van der Waals surface area contributed by atoms with Crippen LogP contribution in [0.25, 0.3) is 0 Å². The fourth-order valence-corrected chi connectivity index (χ4v) is 4.64. The van der Waals surface area contributed by atoms with Gasteiger partial charge >= 0.3 is 5.97 Å². The highest BCUT2D eigenvalue weighted by Crippen LogP contribution is 2.50. The maximum Gasteiger partial charge on any atom is 0.338 e. The van der Waals surface area contributed by atoms with Gasteiger partial charge in [0.25, 0.3) is 5.69 Å². The summed E-state index contributed by atoms with van der Waals surface area (Å²) in [6.45, 7) is 3.96. The second-order valence-electron chi connectivity index (χ2n) is 8.92. The maximum absolute atomic E-state index is 13.5. The van der Waals surface area contributed by atoms with E-state index in [1.807, 2.05) is 13.8 Å². The van der Waals surface area contributed by atoms with Gasteiger partial charge in [-0.2, -0.15) is 0 Å². The van der Waals surface area contributed by atoms with Crippen molar-refractivity contribution in [2.75, 3.05) is 12.0 Å². The number of Topliss-reactive ketones (excluding diaryl/α,β-unsaturated/α-hetero) is 1. The summed E-state index contributed by atoms with van der Waals surface area (Å²) >= 11 is 0. The van der Waals surface area contributed by atoms with E-state index in [1.165, 1.54) is 19.2 Å². The molecule has 170 valence electrons. The van der Waals surface area contributed by atoms with Crippen LogP contribution in [0, 0.1) is 15.5 Å². The Bertz CT molecular complexity index is 1220. The number of hydrogen-bond donors (Lipinski definition) is 1. The average molecular weight is 448 g/mol. The highest BCUT2D eigenvalue weighted by Gasteiger charge is 2.46. The molecule has 1 atom stereocenters. The van der Waals surface area contributed by atoms with Crippen molar-refractivity contribution in [3.05, 3.63) is 87.1 Å². The molecule has 0 saturated heterocycles. The van der Waals surface area contributed by atoms with Gasteiger partial charge < -0.3 is 10.5 Å². The minimum absolute atomic E-state index is 0.0699. The van der Waals surface area contributed by atoms with Crippen molar-refractivity contribution in [2.24, 2.45) is 11.1 Å². The first-order valence-corrected chi connectivity index (χ1v) is 10.4. The van der Waals surface area contributed by atoms with Crippen LogP contribution in [-0.2, 0) is 14.3 Å². The molecular formula is C24H24N4O5. The van der Waals surface area contributed by atoms with Crippen LogP contribution in [-0.4, -0.2) is 28.8 Å². The number of anilines is 1. The Morgan fingerprint density at radius 3 is 2.67 bits per heavy atom. The molecule has 1 aliphatic carbocycles. The number of carbonyl (C=O) groups is 2. The number of carbonyl (C=O) groups excluding carboxylic acids is 2. The first kappa shape index (κ1) is 22.2. The number of allylic oxidation sites excluding steroid dienone is 2. The van der Waals surface area contributed by atoms with Crippen molar-refractivity contribution in [1.29, 1.82) is 0 Å². The third-order valence-electron chi connectivity index (χ3n) is 5.98. The molecule has 9 heteroatoms. The molecule has 1 aromatic heterocycles. The van der Waals surface area contributed by atoms with E-state index in [2.05, 4.69) is 4.98 Å². The fraction of sp³-hybridized carbons (Fsp3) is 0.292. The topological polar surface area (TPSA) is 129 Å². The SMILES string of the molecule is COC(=O)C1=C(N)N(c2cccc([N+](=O)[O-])c2)C2=C(C(=O)CC(C)(C)C2)[C@H]1c1cccnc1. The molecule has 2 N–H and O–H groups in total. The smallest absolute Gasteiger partial charge is 0.338 e. The van der Waals surface area contributed by atoms with Crippen LogP contribution in [0.1, 0.15) is 38.2 Å². The molecular weight excluding hydrogens is 424 g/mol. The summed E-state index contributed by atoms with van der Waals surface area (Å²) in [5.74, 6) is -1.47. The predicted octanol–water partition coefficient (Wildman–Crippen LogP) is 3.58. The van der Waals surface area contributed by atoms with Crippen molar-refractivity contribution >= 4 is 23.1 Å². The second kappa shape index (κ2) is 8.16. The Labute approximate surface area is 190 Å². The van der Waals surface area contributed by atoms with Crippen molar-refractivity contribution < 1.29 is 19.2 Å². The first-order valence-electron chi connectivity index (χ1n) is 10.4. The van der Waals surface area contributed by atoms with Gasteiger partial charge in [0.15, 0.2) is 5.78 Å². The lowest BCUT2D eigenvalue weighted by Crippen LogP contribution is -2.43. The van der Waals surface area contributed by atoms with Crippen LogP contribution in [0.15, 0.2) is 71.5 Å². The predicted molar refractivity (Wildman–Crippen MR) is 121 cm³/mol. The third-order valence-corrected chi connectivity index (χ3v) is 5.98. The van der Waals surface area contributed by atoms with Gasteiger partial charge in [0, 0.05) is 42.2 Å². The number of nitro groups is 1. The molecule has 1 aliphatic heterocycles. The monoisotopic (exact) mass is 448 g/mol. The fourth-order valence-electron chi connectivity index (χ4n) is 4.64. The number of aromatic nitrogens is 1. The second-order valence-corrected chi connectivity index (χ2v) is 8.92. The molecule has 0 bridgehead atoms. The number of esters is 1. The van der Waals surface area contributed by atoms with Crippen molar-refractivity contribution in [2.45, 2.75) is 32.6 Å². The van der Waals surface area contributed by atoms with Gasteiger partial charge in [0.05, 0.1) is 29.2 Å². The summed E-state index contributed by atoms with van der Waals surface area (Å²) in [5.41, 5.74) is 8.29. The Morgan fingerprint density at radius 2 is 2.03 bits per heavy atom. The standard InChI is InChI=1S/C24H24N4O5/c1-24(2)11-17-20(18(29)12-24)19(14-6-5-9-26-13-14)21(23(30)33-3)22(25)27(17)15-7-4-8-16(10-15)28(31)32/h4-10,13,19H,11-12,25H2,1-3H3/t19-/m1/s1. The zero-order valence-corrected chi connectivity index (χ0v) is 18.6. The number of hydrogen-bond acceptors (Lipinski definition) is 8. The lowest BCUT2D eigenvalue weighted by Gasteiger charge is -2.44. The lowest BCUT2D eigenvalue weighted by molar-refractivity contribution is -0.384. The molecule has 0 amide bonds. The average Bonchev–Trinajstić information content (AvgIpc) is 2.77. The number of non-ortho nitro benzene ring substituents is 1. The van der Waals surface area contributed by atoms with Crippen molar-refractivity contribution in [3.8, 4) is 0 Å². The number of ketones is 1. The zero-order chi connectivity index (χ0) is 23.9. The molecule has 0 radical (unpaired) electrons. The van der Waals surface area contributed by atoms with Gasteiger partial charge in [-0.05, 0) is 29.5 Å². The molecule has 33 heavy (non-hydrogen) atoms. The highest BCUT2D eigenvalue weighted by atomic mass is 16.6. The van der Waals surface area contributed by atoms with Crippen LogP contribution < -0.4 is 10.6 Å². The highest BCUT2D eigenvalue weighted by molar-refractivity contribution is 6.05. The number of nitrogens with two attached hydrogens (primary N) is 1. The zero-order valence-electron chi connectivity index (χ0n) is 18.6. The van der Waals surface area contributed by atoms with Gasteiger partial charge in [0.2, 0.25) is 0 Å². The molecule has 0 unspecified atom stereocenters. The van der Waals surface area contributed by atoms with Crippen molar-refractivity contribution in [1.82, 2.24) is 4.98 Å². The third kappa shape index (κ3) is 3.86. The van der Waals surface area contributed by atoms with Gasteiger partial charge in [-0.25, -0.2) is 4.79 Å². The number of ether oxygens (including phenoxy) is 1. The summed E-state index contributed by atoms with van der Waals surface area (Å²) in [7, 11) is 1.25. The van der Waals surface area contributed by atoms with Crippen LogP contribution in [0.2, 0.25) is 0 Å². The van der Waals surface area contributed by atoms with E-state index in [9.17, 15) is 19.7 Å². The quantitative estimate of drug-likeness (QED) is 0.427. The molecule has 2 heterocycles. The Kier molecular flexibility index (Phi) is 5.49. The summed E-state index contributed by atoms with van der Waals surface area (Å²) < 4.78 is 5.05. The number of nitrogens with zero attached hydrogens (tertiary/aromatic N) is 3. The Balaban J connectivity index is 2.04. The van der Waals surface area contributed by atoms with Crippen LogP contribution in [0.5, 0.6) is 0 Å². The number of rotatable bonds is 4. The molecule has 1 aromatic carbocycles. The largest absolute Gasteiger partial charge is 0.466 e. The number of pyridine rings is 1. The summed E-state index contributed by atoms with van der Waals surface area (Å²) in [6.07, 6.45) is 3.98. The molecule has 0 saturated carbocycles. The minimum Gasteiger partial charge on any atom is -0.466 e. The van der Waals surface area contributed by atoms with Crippen LogP contribution >= 0.6 is 0 Å². The van der Waals surface area contributed by atoms with Crippen molar-refractivity contribution in [3.63, 3.8) is 0 Å². The molecule has 4 rings (SSSR count). The molecule has 9 nitrogen and oxygen atoms in total. The minimum atomic E-state index is -0.750. The lowest BCUT2D eigenvalue weighted by atomic mass is 9.68. The number of methoxy groups -OCH3 is 1.